The molecule has 3 N–H and O–H groups in total. The third-order valence-corrected chi connectivity index (χ3v) is 2.17. The Bertz CT molecular complexity index is 538. The number of rotatable bonds is 3. The van der Waals surface area contributed by atoms with Gasteiger partial charge < -0.3 is 11.1 Å². The molecule has 0 unspecified atom stereocenters. The Morgan fingerprint density at radius 1 is 1.50 bits per heavy atom. The van der Waals surface area contributed by atoms with Crippen LogP contribution >= 0.6 is 0 Å². The number of hydrogen-bond acceptors (Lipinski definition) is 5. The minimum absolute atomic E-state index is 0.0419. The molecule has 5 heteroatoms. The molecule has 0 spiro atoms. The molecular formula is C11H12N4O. The molecule has 0 saturated heterocycles. The molecule has 82 valence electrons. The number of nitrogens with zero attached hydrogens (tertiary/aromatic N) is 2. The van der Waals surface area contributed by atoms with Gasteiger partial charge in [0.2, 0.25) is 0 Å². The van der Waals surface area contributed by atoms with Gasteiger partial charge in [0, 0.05) is 6.20 Å². The first-order valence-electron chi connectivity index (χ1n) is 4.91. The number of nitrogens with two attached hydrogens (primary N) is 1. The molecule has 16 heavy (non-hydrogen) atoms. The highest BCUT2D eigenvalue weighted by Crippen LogP contribution is 2.25. The zero-order valence-corrected chi connectivity index (χ0v) is 8.90. The summed E-state index contributed by atoms with van der Waals surface area (Å²) in [7, 11) is 0. The van der Waals surface area contributed by atoms with E-state index in [1.165, 1.54) is 6.92 Å². The summed E-state index contributed by atoms with van der Waals surface area (Å²) < 4.78 is 0. The fourth-order valence-corrected chi connectivity index (χ4v) is 1.43. The number of carbonyl (C=O) groups is 1. The first kappa shape index (κ1) is 10.4. The van der Waals surface area contributed by atoms with Crippen molar-refractivity contribution < 1.29 is 4.79 Å². The second-order valence-electron chi connectivity index (χ2n) is 3.52. The SMILES string of the molecule is CC(=O)CNc1c(N)cnc2cccnc12. The lowest BCUT2D eigenvalue weighted by Gasteiger charge is -2.09. The lowest BCUT2D eigenvalue weighted by atomic mass is 10.2. The summed E-state index contributed by atoms with van der Waals surface area (Å²) in [4.78, 5) is 19.3. The van der Waals surface area contributed by atoms with Crippen molar-refractivity contribution in [1.29, 1.82) is 0 Å². The van der Waals surface area contributed by atoms with Crippen LogP contribution in [0, 0.1) is 0 Å². The Balaban J connectivity index is 2.48. The standard InChI is InChI=1S/C11H12N4O/c1-7(16)5-15-10-8(12)6-14-9-3-2-4-13-11(9)10/h2-4,6H,5,12H2,1H3,(H,14,15). The monoisotopic (exact) mass is 216 g/mol. The van der Waals surface area contributed by atoms with Crippen molar-refractivity contribution in [2.75, 3.05) is 17.6 Å². The van der Waals surface area contributed by atoms with Gasteiger partial charge in [0.15, 0.2) is 0 Å². The number of carbonyl (C=O) groups excluding carboxylic acids is 1. The highest BCUT2D eigenvalue weighted by molar-refractivity contribution is 5.95. The maximum Gasteiger partial charge on any atom is 0.148 e. The molecule has 2 rings (SSSR count). The molecule has 0 aromatic carbocycles. The molecule has 2 heterocycles. The molecule has 0 radical (unpaired) electrons. The Hall–Kier alpha value is -2.17. The molecule has 0 aliphatic rings. The van der Waals surface area contributed by atoms with E-state index in [1.54, 1.807) is 18.5 Å². The molecule has 2 aromatic heterocycles. The van der Waals surface area contributed by atoms with Crippen molar-refractivity contribution in [1.82, 2.24) is 9.97 Å². The van der Waals surface area contributed by atoms with Crippen LogP contribution in [0.4, 0.5) is 11.4 Å². The van der Waals surface area contributed by atoms with Crippen LogP contribution in [-0.4, -0.2) is 22.3 Å². The predicted molar refractivity (Wildman–Crippen MR) is 63.1 cm³/mol. The predicted octanol–water partition coefficient (Wildman–Crippen LogP) is 1.21. The topological polar surface area (TPSA) is 80.9 Å². The van der Waals surface area contributed by atoms with Gasteiger partial charge in [0.05, 0.1) is 29.6 Å². The Morgan fingerprint density at radius 2 is 2.31 bits per heavy atom. The van der Waals surface area contributed by atoms with Crippen molar-refractivity contribution >= 4 is 28.2 Å². The Labute approximate surface area is 92.7 Å². The van der Waals surface area contributed by atoms with Crippen LogP contribution in [0.15, 0.2) is 24.5 Å². The van der Waals surface area contributed by atoms with Crippen LogP contribution in [0.2, 0.25) is 0 Å². The van der Waals surface area contributed by atoms with Gasteiger partial charge in [0.25, 0.3) is 0 Å². The smallest absolute Gasteiger partial charge is 0.148 e. The number of aromatic nitrogens is 2. The first-order valence-corrected chi connectivity index (χ1v) is 4.91. The van der Waals surface area contributed by atoms with Crippen molar-refractivity contribution in [3.05, 3.63) is 24.5 Å². The van der Waals surface area contributed by atoms with E-state index in [-0.39, 0.29) is 12.3 Å². The molecule has 2 aromatic rings. The summed E-state index contributed by atoms with van der Waals surface area (Å²) in [6.45, 7) is 1.75. The fraction of sp³-hybridized carbons (Fsp3) is 0.182. The van der Waals surface area contributed by atoms with E-state index in [0.29, 0.717) is 16.9 Å². The molecule has 0 atom stereocenters. The summed E-state index contributed by atoms with van der Waals surface area (Å²) in [5.74, 6) is 0.0419. The number of fused-ring (bicyclic) bond motifs is 1. The number of hydrogen-bond donors (Lipinski definition) is 2. The summed E-state index contributed by atoms with van der Waals surface area (Å²) in [6, 6.07) is 3.65. The van der Waals surface area contributed by atoms with Crippen molar-refractivity contribution in [3.63, 3.8) is 0 Å². The van der Waals surface area contributed by atoms with Gasteiger partial charge in [-0.3, -0.25) is 14.8 Å². The van der Waals surface area contributed by atoms with Crippen LogP contribution in [0.3, 0.4) is 0 Å². The number of anilines is 2. The lowest BCUT2D eigenvalue weighted by molar-refractivity contribution is -0.115. The van der Waals surface area contributed by atoms with Crippen LogP contribution in [0.5, 0.6) is 0 Å². The van der Waals surface area contributed by atoms with E-state index in [9.17, 15) is 4.79 Å². The van der Waals surface area contributed by atoms with Gasteiger partial charge >= 0.3 is 0 Å². The van der Waals surface area contributed by atoms with E-state index >= 15 is 0 Å². The van der Waals surface area contributed by atoms with Gasteiger partial charge in [-0.1, -0.05) is 0 Å². The summed E-state index contributed by atoms with van der Waals surface area (Å²) >= 11 is 0. The van der Waals surface area contributed by atoms with Gasteiger partial charge in [-0.2, -0.15) is 0 Å². The van der Waals surface area contributed by atoms with E-state index in [2.05, 4.69) is 15.3 Å². The van der Waals surface area contributed by atoms with E-state index < -0.39 is 0 Å². The fourth-order valence-electron chi connectivity index (χ4n) is 1.43. The van der Waals surface area contributed by atoms with Crippen molar-refractivity contribution in [2.45, 2.75) is 6.92 Å². The molecular weight excluding hydrogens is 204 g/mol. The van der Waals surface area contributed by atoms with E-state index in [1.807, 2.05) is 6.07 Å². The average molecular weight is 216 g/mol. The molecule has 0 aliphatic heterocycles. The largest absolute Gasteiger partial charge is 0.396 e. The second-order valence-corrected chi connectivity index (χ2v) is 3.52. The third-order valence-electron chi connectivity index (χ3n) is 2.17. The summed E-state index contributed by atoms with van der Waals surface area (Å²) in [6.07, 6.45) is 3.23. The number of nitrogens with one attached hydrogen (secondary N) is 1. The molecule has 0 fully saturated rings. The summed E-state index contributed by atoms with van der Waals surface area (Å²) in [5.41, 5.74) is 8.39. The van der Waals surface area contributed by atoms with Crippen LogP contribution < -0.4 is 11.1 Å². The zero-order chi connectivity index (χ0) is 11.5. The van der Waals surface area contributed by atoms with Crippen molar-refractivity contribution in [3.8, 4) is 0 Å². The number of ketones is 1. The second kappa shape index (κ2) is 4.14. The van der Waals surface area contributed by atoms with Gasteiger partial charge in [-0.15, -0.1) is 0 Å². The van der Waals surface area contributed by atoms with E-state index in [4.69, 9.17) is 5.73 Å². The van der Waals surface area contributed by atoms with Gasteiger partial charge in [-0.25, -0.2) is 0 Å². The normalized spacial score (nSPS) is 10.3. The summed E-state index contributed by atoms with van der Waals surface area (Å²) in [5, 5.41) is 2.98. The molecule has 5 nitrogen and oxygen atoms in total. The highest BCUT2D eigenvalue weighted by Gasteiger charge is 2.07. The lowest BCUT2D eigenvalue weighted by Crippen LogP contribution is -2.12. The van der Waals surface area contributed by atoms with Crippen molar-refractivity contribution in [2.24, 2.45) is 0 Å². The minimum atomic E-state index is 0.0419. The molecule has 0 amide bonds. The van der Waals surface area contributed by atoms with Gasteiger partial charge in [0.1, 0.15) is 11.3 Å². The minimum Gasteiger partial charge on any atom is -0.396 e. The Kier molecular flexibility index (Phi) is 2.68. The molecule has 0 saturated carbocycles. The Morgan fingerprint density at radius 3 is 3.06 bits per heavy atom. The number of nitrogen functional groups attached to an aromatic ring is 1. The number of Topliss-reactive ketones (excluding diaryl/α,β-unsaturated/α-hetero) is 1. The maximum atomic E-state index is 10.9. The molecule has 0 aliphatic carbocycles. The zero-order valence-electron chi connectivity index (χ0n) is 8.90. The van der Waals surface area contributed by atoms with E-state index in [0.717, 1.165) is 5.52 Å². The first-order chi connectivity index (χ1) is 7.68. The highest BCUT2D eigenvalue weighted by atomic mass is 16.1. The molecule has 0 bridgehead atoms. The average Bonchev–Trinajstić information content (AvgIpc) is 2.27. The van der Waals surface area contributed by atoms with Crippen LogP contribution in [0.1, 0.15) is 6.92 Å². The number of pyridine rings is 2. The van der Waals surface area contributed by atoms with Gasteiger partial charge in [-0.05, 0) is 19.1 Å². The maximum absolute atomic E-state index is 10.9. The quantitative estimate of drug-likeness (QED) is 0.806. The van der Waals surface area contributed by atoms with Crippen LogP contribution in [0.25, 0.3) is 11.0 Å². The third kappa shape index (κ3) is 1.93. The van der Waals surface area contributed by atoms with Crippen LogP contribution in [-0.2, 0) is 4.79 Å².